The monoisotopic (exact) mass is 216 g/mol. The lowest BCUT2D eigenvalue weighted by Crippen LogP contribution is -2.43. The Morgan fingerprint density at radius 1 is 1.53 bits per heavy atom. The molecule has 0 spiro atoms. The molecule has 0 aliphatic rings. The summed E-state index contributed by atoms with van der Waals surface area (Å²) in [5, 5.41) is 13.9. The van der Waals surface area contributed by atoms with E-state index in [1.54, 1.807) is 6.92 Å². The summed E-state index contributed by atoms with van der Waals surface area (Å²) in [7, 11) is 3.87. The highest BCUT2D eigenvalue weighted by molar-refractivity contribution is 6.01. The van der Waals surface area contributed by atoms with E-state index in [9.17, 15) is 4.79 Å². The number of carbonyl (C=O) groups excluding carboxylic acids is 1. The molecule has 0 fully saturated rings. The van der Waals surface area contributed by atoms with Crippen LogP contribution in [-0.4, -0.2) is 48.5 Å². The molecule has 0 aromatic heterocycles. The molecule has 2 unspecified atom stereocenters. The number of nitrogens with zero attached hydrogens (tertiary/aromatic N) is 2. The van der Waals surface area contributed by atoms with Gasteiger partial charge in [0.1, 0.15) is 0 Å². The van der Waals surface area contributed by atoms with Gasteiger partial charge in [-0.15, -0.1) is 0 Å². The van der Waals surface area contributed by atoms with Crippen molar-refractivity contribution in [1.82, 2.24) is 10.2 Å². The van der Waals surface area contributed by atoms with Crippen molar-refractivity contribution in [2.24, 2.45) is 16.8 Å². The third kappa shape index (κ3) is 4.64. The van der Waals surface area contributed by atoms with E-state index in [0.717, 1.165) is 0 Å². The zero-order valence-corrected chi connectivity index (χ0v) is 9.69. The minimum Gasteiger partial charge on any atom is -0.409 e. The number of oxime groups is 1. The molecule has 88 valence electrons. The number of rotatable bonds is 5. The van der Waals surface area contributed by atoms with Crippen molar-refractivity contribution in [2.45, 2.75) is 19.9 Å². The van der Waals surface area contributed by atoms with Gasteiger partial charge in [-0.1, -0.05) is 5.16 Å². The van der Waals surface area contributed by atoms with Gasteiger partial charge in [0.2, 0.25) is 5.91 Å². The number of amidine groups is 1. The van der Waals surface area contributed by atoms with Gasteiger partial charge in [-0.05, 0) is 27.9 Å². The van der Waals surface area contributed by atoms with E-state index in [2.05, 4.69) is 10.5 Å². The van der Waals surface area contributed by atoms with E-state index in [4.69, 9.17) is 10.9 Å². The summed E-state index contributed by atoms with van der Waals surface area (Å²) in [6, 6.07) is 0.244. The molecule has 0 saturated heterocycles. The second kappa shape index (κ2) is 6.23. The van der Waals surface area contributed by atoms with Gasteiger partial charge in [0.15, 0.2) is 5.84 Å². The van der Waals surface area contributed by atoms with Crippen LogP contribution in [0.5, 0.6) is 0 Å². The standard InChI is InChI=1S/C9H20N4O2/c1-6(13(3)4)5-11-9(14)7(2)8(10)12-15/h6-7,15H,5H2,1-4H3,(H2,10,12)(H,11,14). The second-order valence-electron chi connectivity index (χ2n) is 3.80. The van der Waals surface area contributed by atoms with Gasteiger partial charge in [-0.25, -0.2) is 0 Å². The first-order valence-electron chi connectivity index (χ1n) is 4.81. The van der Waals surface area contributed by atoms with Crippen LogP contribution in [0.4, 0.5) is 0 Å². The fourth-order valence-corrected chi connectivity index (χ4v) is 0.805. The quantitative estimate of drug-likeness (QED) is 0.248. The molecule has 4 N–H and O–H groups in total. The molecule has 0 aliphatic heterocycles. The van der Waals surface area contributed by atoms with Crippen LogP contribution < -0.4 is 11.1 Å². The summed E-state index contributed by atoms with van der Waals surface area (Å²) in [5.74, 6) is -0.923. The molecule has 0 radical (unpaired) electrons. The summed E-state index contributed by atoms with van der Waals surface area (Å²) in [4.78, 5) is 13.5. The third-order valence-electron chi connectivity index (χ3n) is 2.41. The number of hydrogen-bond acceptors (Lipinski definition) is 4. The lowest BCUT2D eigenvalue weighted by molar-refractivity contribution is -0.122. The van der Waals surface area contributed by atoms with Crippen molar-refractivity contribution in [2.75, 3.05) is 20.6 Å². The average Bonchev–Trinajstić information content (AvgIpc) is 2.22. The summed E-state index contributed by atoms with van der Waals surface area (Å²) in [6.45, 7) is 4.12. The van der Waals surface area contributed by atoms with Gasteiger partial charge >= 0.3 is 0 Å². The summed E-state index contributed by atoms with van der Waals surface area (Å²) >= 11 is 0. The van der Waals surface area contributed by atoms with Crippen LogP contribution >= 0.6 is 0 Å². The first kappa shape index (κ1) is 13.7. The molecule has 0 rings (SSSR count). The Morgan fingerprint density at radius 3 is 2.47 bits per heavy atom. The minimum absolute atomic E-state index is 0.0787. The van der Waals surface area contributed by atoms with Crippen LogP contribution in [0.15, 0.2) is 5.16 Å². The predicted octanol–water partition coefficient (Wildman–Crippen LogP) is -0.565. The van der Waals surface area contributed by atoms with E-state index in [1.165, 1.54) is 0 Å². The molecule has 6 heteroatoms. The summed E-state index contributed by atoms with van der Waals surface area (Å²) < 4.78 is 0. The highest BCUT2D eigenvalue weighted by Crippen LogP contribution is 1.96. The van der Waals surface area contributed by atoms with Crippen molar-refractivity contribution >= 4 is 11.7 Å². The van der Waals surface area contributed by atoms with Crippen LogP contribution in [0.3, 0.4) is 0 Å². The normalized spacial score (nSPS) is 16.2. The van der Waals surface area contributed by atoms with Gasteiger partial charge in [0, 0.05) is 12.6 Å². The Hall–Kier alpha value is -1.30. The fraction of sp³-hybridized carbons (Fsp3) is 0.778. The molecule has 0 heterocycles. The fourth-order valence-electron chi connectivity index (χ4n) is 0.805. The molecular formula is C9H20N4O2. The SMILES string of the molecule is CC(C(=O)NCC(C)N(C)C)C(N)=NO. The van der Waals surface area contributed by atoms with Crippen LogP contribution in [0.2, 0.25) is 0 Å². The van der Waals surface area contributed by atoms with Crippen molar-refractivity contribution in [1.29, 1.82) is 0 Å². The molecule has 15 heavy (non-hydrogen) atoms. The summed E-state index contributed by atoms with van der Waals surface area (Å²) in [5.41, 5.74) is 5.31. The van der Waals surface area contributed by atoms with Crippen molar-refractivity contribution in [3.8, 4) is 0 Å². The number of nitrogens with two attached hydrogens (primary N) is 1. The topological polar surface area (TPSA) is 91.0 Å². The molecular weight excluding hydrogens is 196 g/mol. The third-order valence-corrected chi connectivity index (χ3v) is 2.41. The van der Waals surface area contributed by atoms with Gasteiger partial charge < -0.3 is 21.2 Å². The zero-order valence-electron chi connectivity index (χ0n) is 9.69. The maximum absolute atomic E-state index is 11.5. The number of carbonyl (C=O) groups is 1. The number of hydrogen-bond donors (Lipinski definition) is 3. The largest absolute Gasteiger partial charge is 0.409 e. The number of nitrogens with one attached hydrogen (secondary N) is 1. The number of likely N-dealkylation sites (N-methyl/N-ethyl adjacent to an activating group) is 1. The minimum atomic E-state index is -0.607. The predicted molar refractivity (Wildman–Crippen MR) is 58.7 cm³/mol. The molecule has 0 saturated carbocycles. The number of amides is 1. The maximum atomic E-state index is 11.5. The molecule has 2 atom stereocenters. The van der Waals surface area contributed by atoms with Gasteiger partial charge in [0.25, 0.3) is 0 Å². The van der Waals surface area contributed by atoms with Crippen molar-refractivity contribution in [3.63, 3.8) is 0 Å². The Kier molecular flexibility index (Phi) is 5.69. The van der Waals surface area contributed by atoms with E-state index in [0.29, 0.717) is 6.54 Å². The first-order valence-corrected chi connectivity index (χ1v) is 4.81. The molecule has 6 nitrogen and oxygen atoms in total. The molecule has 1 amide bonds. The van der Waals surface area contributed by atoms with Crippen LogP contribution in [0.1, 0.15) is 13.8 Å². The highest BCUT2D eigenvalue weighted by atomic mass is 16.4. The van der Waals surface area contributed by atoms with Crippen LogP contribution in [0, 0.1) is 5.92 Å². The maximum Gasteiger partial charge on any atom is 0.230 e. The first-order chi connectivity index (χ1) is 6.90. The molecule has 0 aromatic rings. The van der Waals surface area contributed by atoms with Gasteiger partial charge in [-0.2, -0.15) is 0 Å². The Morgan fingerprint density at radius 2 is 2.07 bits per heavy atom. The Bertz CT molecular complexity index is 240. The van der Waals surface area contributed by atoms with E-state index in [1.807, 2.05) is 25.9 Å². The van der Waals surface area contributed by atoms with E-state index >= 15 is 0 Å². The van der Waals surface area contributed by atoms with Crippen LogP contribution in [0.25, 0.3) is 0 Å². The lowest BCUT2D eigenvalue weighted by Gasteiger charge is -2.20. The Labute approximate surface area is 90.1 Å². The highest BCUT2D eigenvalue weighted by Gasteiger charge is 2.17. The van der Waals surface area contributed by atoms with E-state index in [-0.39, 0.29) is 17.8 Å². The lowest BCUT2D eigenvalue weighted by atomic mass is 10.1. The average molecular weight is 216 g/mol. The Balaban J connectivity index is 4.05. The molecule has 0 aliphatic carbocycles. The smallest absolute Gasteiger partial charge is 0.230 e. The van der Waals surface area contributed by atoms with Gasteiger partial charge in [-0.3, -0.25) is 4.79 Å². The van der Waals surface area contributed by atoms with Crippen molar-refractivity contribution in [3.05, 3.63) is 0 Å². The van der Waals surface area contributed by atoms with Crippen molar-refractivity contribution < 1.29 is 10.0 Å². The summed E-state index contributed by atoms with van der Waals surface area (Å²) in [6.07, 6.45) is 0. The molecule has 0 bridgehead atoms. The van der Waals surface area contributed by atoms with Crippen LogP contribution in [-0.2, 0) is 4.79 Å². The molecule has 0 aromatic carbocycles. The zero-order chi connectivity index (χ0) is 12.0. The van der Waals surface area contributed by atoms with Gasteiger partial charge in [0.05, 0.1) is 5.92 Å². The second-order valence-corrected chi connectivity index (χ2v) is 3.80. The van der Waals surface area contributed by atoms with E-state index < -0.39 is 5.92 Å².